The van der Waals surface area contributed by atoms with E-state index >= 15 is 0 Å². The highest BCUT2D eigenvalue weighted by atomic mass is 16.5. The van der Waals surface area contributed by atoms with Gasteiger partial charge in [0.2, 0.25) is 0 Å². The van der Waals surface area contributed by atoms with E-state index in [4.69, 9.17) is 14.6 Å². The summed E-state index contributed by atoms with van der Waals surface area (Å²) in [5.41, 5.74) is -0.890. The average Bonchev–Trinajstić information content (AvgIpc) is 2.37. The lowest BCUT2D eigenvalue weighted by molar-refractivity contribution is -0.144. The Morgan fingerprint density at radius 3 is 2.06 bits per heavy atom. The Kier molecular flexibility index (Phi) is 8.91. The van der Waals surface area contributed by atoms with Crippen molar-refractivity contribution in [2.75, 3.05) is 54.1 Å². The minimum Gasteiger partial charge on any atom is -0.480 e. The Morgan fingerprint density at radius 2 is 1.72 bits per heavy atom. The van der Waals surface area contributed by atoms with Crippen molar-refractivity contribution in [3.8, 4) is 0 Å². The van der Waals surface area contributed by atoms with Crippen molar-refractivity contribution in [2.24, 2.45) is 0 Å². The van der Waals surface area contributed by atoms with Crippen LogP contribution in [0, 0.1) is 0 Å². The number of likely N-dealkylation sites (N-methyl/N-ethyl adjacent to an activating group) is 1. The van der Waals surface area contributed by atoms with Crippen LogP contribution in [0.2, 0.25) is 0 Å². The molecular formula is C12H26N2O4. The smallest absolute Gasteiger partial charge is 0.323 e. The summed E-state index contributed by atoms with van der Waals surface area (Å²) < 4.78 is 10.1. The molecule has 0 aliphatic heterocycles. The zero-order chi connectivity index (χ0) is 14.0. The van der Waals surface area contributed by atoms with Gasteiger partial charge < -0.3 is 19.9 Å². The minimum atomic E-state index is -0.890. The van der Waals surface area contributed by atoms with Crippen LogP contribution in [0.3, 0.4) is 0 Å². The highest BCUT2D eigenvalue weighted by Gasteiger charge is 2.31. The molecule has 2 N–H and O–H groups in total. The lowest BCUT2D eigenvalue weighted by Gasteiger charge is -2.28. The molecule has 1 unspecified atom stereocenters. The van der Waals surface area contributed by atoms with Crippen LogP contribution in [0.25, 0.3) is 0 Å². The van der Waals surface area contributed by atoms with Gasteiger partial charge in [-0.25, -0.2) is 0 Å². The highest BCUT2D eigenvalue weighted by molar-refractivity contribution is 5.78. The summed E-state index contributed by atoms with van der Waals surface area (Å²) in [4.78, 5) is 13.3. The molecular weight excluding hydrogens is 236 g/mol. The molecule has 0 saturated carbocycles. The summed E-state index contributed by atoms with van der Waals surface area (Å²) in [6, 6.07) is 0. The number of methoxy groups -OCH3 is 2. The second-order valence-corrected chi connectivity index (χ2v) is 4.46. The molecule has 0 saturated heterocycles. The molecule has 0 aliphatic carbocycles. The topological polar surface area (TPSA) is 71.0 Å². The third-order valence-corrected chi connectivity index (χ3v) is 3.18. The molecule has 1 atom stereocenters. The van der Waals surface area contributed by atoms with Crippen molar-refractivity contribution in [3.63, 3.8) is 0 Å². The molecule has 0 heterocycles. The van der Waals surface area contributed by atoms with E-state index in [2.05, 4.69) is 10.2 Å². The number of nitrogens with one attached hydrogen (secondary N) is 1. The Balaban J connectivity index is 4.25. The van der Waals surface area contributed by atoms with E-state index in [9.17, 15) is 4.79 Å². The third-order valence-electron chi connectivity index (χ3n) is 3.18. The van der Waals surface area contributed by atoms with Crippen LogP contribution >= 0.6 is 0 Å². The van der Waals surface area contributed by atoms with E-state index in [1.807, 2.05) is 0 Å². The predicted molar refractivity (Wildman–Crippen MR) is 69.9 cm³/mol. The van der Waals surface area contributed by atoms with Gasteiger partial charge in [0.05, 0.1) is 13.2 Å². The van der Waals surface area contributed by atoms with Crippen LogP contribution in [0.15, 0.2) is 0 Å². The molecule has 0 radical (unpaired) electrons. The van der Waals surface area contributed by atoms with E-state index in [1.165, 1.54) is 0 Å². The van der Waals surface area contributed by atoms with Crippen LogP contribution in [0.1, 0.15) is 13.3 Å². The first-order chi connectivity index (χ1) is 8.50. The van der Waals surface area contributed by atoms with Crippen molar-refractivity contribution >= 4 is 5.97 Å². The quantitative estimate of drug-likeness (QED) is 0.547. The fourth-order valence-corrected chi connectivity index (χ4v) is 1.50. The van der Waals surface area contributed by atoms with Gasteiger partial charge in [-0.15, -0.1) is 0 Å². The first kappa shape index (κ1) is 17.3. The number of hydrogen-bond donors (Lipinski definition) is 2. The molecule has 0 aromatic carbocycles. The maximum absolute atomic E-state index is 11.2. The van der Waals surface area contributed by atoms with E-state index in [1.54, 1.807) is 28.2 Å². The van der Waals surface area contributed by atoms with Crippen LogP contribution < -0.4 is 5.32 Å². The fraction of sp³-hybridized carbons (Fsp3) is 0.917. The SMILES string of the molecule is CNC(C)(CCN(CCOC)CCOC)C(=O)O. The Labute approximate surface area is 109 Å². The zero-order valence-corrected chi connectivity index (χ0v) is 11.9. The summed E-state index contributed by atoms with van der Waals surface area (Å²) in [6.07, 6.45) is 0.534. The number of aliphatic carboxylic acids is 1. The molecule has 0 bridgehead atoms. The molecule has 18 heavy (non-hydrogen) atoms. The van der Waals surface area contributed by atoms with E-state index in [-0.39, 0.29) is 0 Å². The van der Waals surface area contributed by atoms with Crippen LogP contribution in [0.5, 0.6) is 0 Å². The molecule has 6 nitrogen and oxygen atoms in total. The Bertz CT molecular complexity index is 230. The predicted octanol–water partition coefficient (Wildman–Crippen LogP) is 0.0340. The number of rotatable bonds is 11. The molecule has 0 aromatic heterocycles. The molecule has 0 fully saturated rings. The van der Waals surface area contributed by atoms with Crippen molar-refractivity contribution in [2.45, 2.75) is 18.9 Å². The van der Waals surface area contributed by atoms with Crippen molar-refractivity contribution in [1.29, 1.82) is 0 Å². The number of carbonyl (C=O) groups is 1. The van der Waals surface area contributed by atoms with E-state index in [0.29, 0.717) is 26.2 Å². The summed E-state index contributed by atoms with van der Waals surface area (Å²) in [7, 11) is 4.98. The molecule has 0 aromatic rings. The number of hydrogen-bond acceptors (Lipinski definition) is 5. The first-order valence-electron chi connectivity index (χ1n) is 6.12. The lowest BCUT2D eigenvalue weighted by atomic mass is 9.98. The van der Waals surface area contributed by atoms with Crippen molar-refractivity contribution < 1.29 is 19.4 Å². The number of nitrogens with zero attached hydrogens (tertiary/aromatic N) is 1. The highest BCUT2D eigenvalue weighted by Crippen LogP contribution is 2.10. The first-order valence-corrected chi connectivity index (χ1v) is 6.12. The van der Waals surface area contributed by atoms with Gasteiger partial charge in [0.1, 0.15) is 5.54 Å². The maximum atomic E-state index is 11.2. The van der Waals surface area contributed by atoms with Crippen LogP contribution in [0.4, 0.5) is 0 Å². The second kappa shape index (κ2) is 9.27. The third kappa shape index (κ3) is 6.30. The fourth-order valence-electron chi connectivity index (χ4n) is 1.50. The van der Waals surface area contributed by atoms with E-state index < -0.39 is 11.5 Å². The molecule has 108 valence electrons. The molecule has 0 rings (SSSR count). The van der Waals surface area contributed by atoms with Crippen LogP contribution in [-0.2, 0) is 14.3 Å². The number of ether oxygens (including phenoxy) is 2. The van der Waals surface area contributed by atoms with Gasteiger partial charge in [0.25, 0.3) is 0 Å². The normalized spacial score (nSPS) is 14.7. The summed E-state index contributed by atoms with van der Waals surface area (Å²) in [6.45, 7) is 5.20. The summed E-state index contributed by atoms with van der Waals surface area (Å²) in [5, 5.41) is 12.0. The monoisotopic (exact) mass is 262 g/mol. The molecule has 6 heteroatoms. The Morgan fingerprint density at radius 1 is 1.22 bits per heavy atom. The van der Waals surface area contributed by atoms with Gasteiger partial charge in [-0.05, 0) is 20.4 Å². The average molecular weight is 262 g/mol. The maximum Gasteiger partial charge on any atom is 0.323 e. The largest absolute Gasteiger partial charge is 0.480 e. The van der Waals surface area contributed by atoms with Gasteiger partial charge in [0, 0.05) is 33.9 Å². The van der Waals surface area contributed by atoms with Gasteiger partial charge in [0.15, 0.2) is 0 Å². The summed E-state index contributed by atoms with van der Waals surface area (Å²) in [5.74, 6) is -0.830. The van der Waals surface area contributed by atoms with Crippen molar-refractivity contribution in [3.05, 3.63) is 0 Å². The van der Waals surface area contributed by atoms with Gasteiger partial charge in [-0.3, -0.25) is 9.69 Å². The van der Waals surface area contributed by atoms with Gasteiger partial charge >= 0.3 is 5.97 Å². The van der Waals surface area contributed by atoms with E-state index in [0.717, 1.165) is 13.1 Å². The standard InChI is InChI=1S/C12H26N2O4/c1-12(13-2,11(15)16)5-6-14(7-9-17-3)8-10-18-4/h13H,5-10H2,1-4H3,(H,15,16). The number of carboxylic acid groups (broad SMARTS) is 1. The number of carboxylic acids is 1. The van der Waals surface area contributed by atoms with Crippen molar-refractivity contribution in [1.82, 2.24) is 10.2 Å². The molecule has 0 aliphatic rings. The van der Waals surface area contributed by atoms with Gasteiger partial charge in [-0.2, -0.15) is 0 Å². The second-order valence-electron chi connectivity index (χ2n) is 4.46. The lowest BCUT2D eigenvalue weighted by Crippen LogP contribution is -2.50. The minimum absolute atomic E-state index is 0.534. The molecule has 0 amide bonds. The van der Waals surface area contributed by atoms with Gasteiger partial charge in [-0.1, -0.05) is 0 Å². The van der Waals surface area contributed by atoms with Crippen LogP contribution in [-0.4, -0.2) is 75.6 Å². The molecule has 0 spiro atoms. The zero-order valence-electron chi connectivity index (χ0n) is 11.9. The summed E-state index contributed by atoms with van der Waals surface area (Å²) >= 11 is 0. The Hall–Kier alpha value is -0.690.